The van der Waals surface area contributed by atoms with Crippen molar-refractivity contribution in [1.82, 2.24) is 0 Å². The first-order valence-electron chi connectivity index (χ1n) is 8.87. The highest BCUT2D eigenvalue weighted by atomic mass is 35.5. The van der Waals surface area contributed by atoms with E-state index in [0.29, 0.717) is 6.07 Å². The zero-order valence-corrected chi connectivity index (χ0v) is 18.8. The fraction of sp³-hybridized carbons (Fsp3) is 0.0500. The molecule has 3 rings (SSSR count). The number of carbonyl (C=O) groups is 1. The van der Waals surface area contributed by atoms with Gasteiger partial charge < -0.3 is 0 Å². The summed E-state index contributed by atoms with van der Waals surface area (Å²) in [6.45, 7) is 1.30. The molecule has 32 heavy (non-hydrogen) atoms. The predicted octanol–water partition coefficient (Wildman–Crippen LogP) is 4.04. The van der Waals surface area contributed by atoms with Gasteiger partial charge in [-0.25, -0.2) is 16.8 Å². The molecule has 0 fully saturated rings. The number of Topliss-reactive ketones (excluding diaryl/α,β-unsaturated/α-hetero) is 1. The van der Waals surface area contributed by atoms with Crippen LogP contribution < -0.4 is 3.71 Å². The van der Waals surface area contributed by atoms with Crippen LogP contribution in [-0.4, -0.2) is 27.5 Å². The van der Waals surface area contributed by atoms with Gasteiger partial charge in [-0.1, -0.05) is 41.9 Å². The van der Waals surface area contributed by atoms with Crippen LogP contribution in [0, 0.1) is 10.1 Å². The molecule has 0 saturated heterocycles. The Bertz CT molecular complexity index is 1410. The predicted molar refractivity (Wildman–Crippen MR) is 118 cm³/mol. The van der Waals surface area contributed by atoms with Gasteiger partial charge in [0.25, 0.3) is 25.7 Å². The van der Waals surface area contributed by atoms with Gasteiger partial charge in [0, 0.05) is 11.6 Å². The summed E-state index contributed by atoms with van der Waals surface area (Å²) >= 11 is 5.77. The van der Waals surface area contributed by atoms with Crippen molar-refractivity contribution in [3.05, 3.63) is 93.5 Å². The van der Waals surface area contributed by atoms with Crippen LogP contribution in [0.5, 0.6) is 0 Å². The third-order valence-corrected chi connectivity index (χ3v) is 8.88. The zero-order chi connectivity index (χ0) is 23.7. The second-order valence-electron chi connectivity index (χ2n) is 6.49. The first kappa shape index (κ1) is 23.4. The molecule has 0 aliphatic carbocycles. The molecule has 12 heteroatoms. The summed E-state index contributed by atoms with van der Waals surface area (Å²) in [4.78, 5) is 20.8. The van der Waals surface area contributed by atoms with Crippen molar-refractivity contribution in [2.75, 3.05) is 3.71 Å². The molecule has 0 radical (unpaired) electrons. The van der Waals surface area contributed by atoms with E-state index in [1.165, 1.54) is 43.3 Å². The van der Waals surface area contributed by atoms with Crippen LogP contribution in [0.25, 0.3) is 0 Å². The van der Waals surface area contributed by atoms with Gasteiger partial charge in [0.2, 0.25) is 0 Å². The maximum absolute atomic E-state index is 13.4. The molecule has 3 aromatic rings. The smallest absolute Gasteiger partial charge is 0.289 e. The molecule has 0 aliphatic rings. The lowest BCUT2D eigenvalue weighted by Gasteiger charge is -2.24. The van der Waals surface area contributed by atoms with Crippen molar-refractivity contribution in [2.24, 2.45) is 0 Å². The molecule has 0 aliphatic heterocycles. The van der Waals surface area contributed by atoms with Crippen LogP contribution in [-0.2, 0) is 20.0 Å². The molecular formula is C20H15ClN2O7S2. The molecular weight excluding hydrogens is 480 g/mol. The SMILES string of the molecule is CC(=O)c1ccc(S(=O)(=O)N(c2ccccc2)S(=O)(=O)c2ccc(Cl)c([N+](=O)[O-])c2)cc1. The van der Waals surface area contributed by atoms with Crippen molar-refractivity contribution in [1.29, 1.82) is 0 Å². The lowest BCUT2D eigenvalue weighted by Crippen LogP contribution is -2.37. The van der Waals surface area contributed by atoms with Crippen LogP contribution >= 0.6 is 11.6 Å². The van der Waals surface area contributed by atoms with Crippen molar-refractivity contribution < 1.29 is 26.6 Å². The van der Waals surface area contributed by atoms with Gasteiger partial charge in [0.1, 0.15) is 5.02 Å². The summed E-state index contributed by atoms with van der Waals surface area (Å²) in [7, 11) is -9.56. The van der Waals surface area contributed by atoms with Crippen molar-refractivity contribution in [2.45, 2.75) is 16.7 Å². The van der Waals surface area contributed by atoms with E-state index >= 15 is 0 Å². The van der Waals surface area contributed by atoms with Crippen molar-refractivity contribution >= 4 is 48.8 Å². The zero-order valence-electron chi connectivity index (χ0n) is 16.4. The second-order valence-corrected chi connectivity index (χ2v) is 10.7. The number of rotatable bonds is 7. The molecule has 0 aromatic heterocycles. The Labute approximate surface area is 189 Å². The number of benzene rings is 3. The monoisotopic (exact) mass is 494 g/mol. The van der Waals surface area contributed by atoms with E-state index in [2.05, 4.69) is 0 Å². The number of ketones is 1. The summed E-state index contributed by atoms with van der Waals surface area (Å²) in [5.41, 5.74) is -0.656. The Balaban J connectivity index is 2.25. The van der Waals surface area contributed by atoms with E-state index in [1.54, 1.807) is 6.07 Å². The van der Waals surface area contributed by atoms with E-state index in [1.807, 2.05) is 0 Å². The molecule has 0 unspecified atom stereocenters. The average molecular weight is 495 g/mol. The lowest BCUT2D eigenvalue weighted by atomic mass is 10.2. The van der Waals surface area contributed by atoms with Crippen LogP contribution in [0.4, 0.5) is 11.4 Å². The fourth-order valence-electron chi connectivity index (χ4n) is 2.80. The number of hydrogen-bond donors (Lipinski definition) is 0. The van der Waals surface area contributed by atoms with E-state index in [0.717, 1.165) is 24.3 Å². The van der Waals surface area contributed by atoms with E-state index in [9.17, 15) is 31.7 Å². The number of para-hydroxylation sites is 1. The van der Waals surface area contributed by atoms with Gasteiger partial charge in [-0.3, -0.25) is 14.9 Å². The van der Waals surface area contributed by atoms with Gasteiger partial charge in [0.05, 0.1) is 20.4 Å². The average Bonchev–Trinajstić information content (AvgIpc) is 2.74. The van der Waals surface area contributed by atoms with Crippen LogP contribution in [0.1, 0.15) is 17.3 Å². The Morgan fingerprint density at radius 1 is 0.875 bits per heavy atom. The van der Waals surface area contributed by atoms with Gasteiger partial charge in [-0.05, 0) is 43.3 Å². The minimum absolute atomic E-state index is 0.190. The summed E-state index contributed by atoms with van der Waals surface area (Å²) in [5.74, 6) is -0.296. The summed E-state index contributed by atoms with van der Waals surface area (Å²) in [5, 5.41) is 10.9. The first-order valence-corrected chi connectivity index (χ1v) is 12.1. The highest BCUT2D eigenvalue weighted by Crippen LogP contribution is 2.34. The lowest BCUT2D eigenvalue weighted by molar-refractivity contribution is -0.384. The Kier molecular flexibility index (Phi) is 6.35. The molecule has 3 aromatic carbocycles. The standard InChI is InChI=1S/C20H15ClN2O7S2/c1-14(24)15-7-9-17(10-8-15)31(27,28)23(16-5-3-2-4-6-16)32(29,30)18-11-12-19(21)20(13-18)22(25)26/h2-13H,1H3. The Morgan fingerprint density at radius 2 is 1.41 bits per heavy atom. The van der Waals surface area contributed by atoms with Crippen molar-refractivity contribution in [3.8, 4) is 0 Å². The van der Waals surface area contributed by atoms with Crippen molar-refractivity contribution in [3.63, 3.8) is 0 Å². The Hall–Kier alpha value is -3.28. The first-order chi connectivity index (χ1) is 15.0. The number of anilines is 1. The molecule has 9 nitrogen and oxygen atoms in total. The maximum atomic E-state index is 13.4. The summed E-state index contributed by atoms with van der Waals surface area (Å²) in [6, 6.07) is 14.4. The minimum Gasteiger partial charge on any atom is -0.295 e. The van der Waals surface area contributed by atoms with E-state index in [-0.39, 0.29) is 25.8 Å². The molecule has 0 heterocycles. The minimum atomic E-state index is -4.84. The summed E-state index contributed by atoms with van der Waals surface area (Å²) < 4.78 is 53.9. The third-order valence-electron chi connectivity index (χ3n) is 4.37. The quantitative estimate of drug-likeness (QED) is 0.275. The molecule has 0 N–H and O–H groups in total. The molecule has 0 amide bonds. The third kappa shape index (κ3) is 4.35. The van der Waals surface area contributed by atoms with Gasteiger partial charge in [-0.2, -0.15) is 3.71 Å². The van der Waals surface area contributed by atoms with E-state index < -0.39 is 40.4 Å². The topological polar surface area (TPSA) is 132 Å². The number of nitro benzene ring substituents is 1. The molecule has 0 saturated carbocycles. The van der Waals surface area contributed by atoms with E-state index in [4.69, 9.17) is 11.6 Å². The highest BCUT2D eigenvalue weighted by Gasteiger charge is 2.38. The van der Waals surface area contributed by atoms with Gasteiger partial charge >= 0.3 is 0 Å². The largest absolute Gasteiger partial charge is 0.295 e. The molecule has 0 bridgehead atoms. The second kappa shape index (κ2) is 8.69. The van der Waals surface area contributed by atoms with Crippen LogP contribution in [0.15, 0.2) is 82.6 Å². The summed E-state index contributed by atoms with van der Waals surface area (Å²) in [6.07, 6.45) is 0. The normalized spacial score (nSPS) is 11.7. The molecule has 0 spiro atoms. The molecule has 0 atom stereocenters. The fourth-order valence-corrected chi connectivity index (χ4v) is 6.70. The van der Waals surface area contributed by atoms with Gasteiger partial charge in [0.15, 0.2) is 5.78 Å². The van der Waals surface area contributed by atoms with Gasteiger partial charge in [-0.15, -0.1) is 0 Å². The highest BCUT2D eigenvalue weighted by molar-refractivity contribution is 8.10. The number of hydrogen-bond acceptors (Lipinski definition) is 7. The molecule has 166 valence electrons. The maximum Gasteiger partial charge on any atom is 0.289 e. The number of sulfonamides is 2. The number of nitro groups is 1. The van der Waals surface area contributed by atoms with Crippen LogP contribution in [0.3, 0.4) is 0 Å². The van der Waals surface area contributed by atoms with Crippen LogP contribution in [0.2, 0.25) is 5.02 Å². The number of carbonyl (C=O) groups excluding carboxylic acids is 1. The Morgan fingerprint density at radius 3 is 1.94 bits per heavy atom. The number of halogens is 1. The number of nitrogens with zero attached hydrogens (tertiary/aromatic N) is 2.